The second-order valence-electron chi connectivity index (χ2n) is 2.60. The number of rotatable bonds is 4. The Labute approximate surface area is 74.3 Å². The first kappa shape index (κ1) is 11.6. The second kappa shape index (κ2) is 4.03. The molecule has 0 spiro atoms. The third-order valence-electron chi connectivity index (χ3n) is 1.39. The van der Waals surface area contributed by atoms with E-state index in [4.69, 9.17) is 22.9 Å². The van der Waals surface area contributed by atoms with Crippen LogP contribution in [0, 0.1) is 9.81 Å². The molecule has 1 atom stereocenters. The maximum absolute atomic E-state index is 10.2. The monoisotopic (exact) mass is 188 g/mol. The number of nitroso groups, excluding NO2 is 2. The zero-order chi connectivity index (χ0) is 10.6. The summed E-state index contributed by atoms with van der Waals surface area (Å²) in [6, 6.07) is -1.02. The lowest BCUT2D eigenvalue weighted by Crippen LogP contribution is -2.62. The lowest BCUT2D eigenvalue weighted by atomic mass is 10.1. The van der Waals surface area contributed by atoms with Gasteiger partial charge in [-0.05, 0) is 12.1 Å². The van der Waals surface area contributed by atoms with E-state index >= 15 is 0 Å². The van der Waals surface area contributed by atoms with E-state index in [0.29, 0.717) is 0 Å². The fraction of sp³-hybridized carbons (Fsp3) is 0.600. The third kappa shape index (κ3) is 2.86. The molecule has 8 N–H and O–H groups in total. The normalized spacial score (nSPS) is 16.0. The highest BCUT2D eigenvalue weighted by Gasteiger charge is 2.24. The van der Waals surface area contributed by atoms with Crippen molar-refractivity contribution < 1.29 is 0 Å². The predicted molar refractivity (Wildman–Crippen MR) is 47.6 cm³/mol. The Balaban J connectivity index is 5.13. The van der Waals surface area contributed by atoms with Gasteiger partial charge in [-0.1, -0.05) is 5.18 Å². The van der Waals surface area contributed by atoms with Gasteiger partial charge in [0.05, 0.1) is 5.70 Å². The van der Waals surface area contributed by atoms with Crippen LogP contribution >= 0.6 is 0 Å². The molecule has 0 aliphatic carbocycles. The van der Waals surface area contributed by atoms with E-state index in [1.807, 2.05) is 0 Å². The van der Waals surface area contributed by atoms with E-state index in [2.05, 4.69) is 10.4 Å². The van der Waals surface area contributed by atoms with Crippen LogP contribution in [0.15, 0.2) is 21.7 Å². The molecular formula is C5H12N6O2. The molecule has 74 valence electrons. The maximum atomic E-state index is 10.2. The van der Waals surface area contributed by atoms with Crippen LogP contribution in [0.5, 0.6) is 0 Å². The minimum Gasteiger partial charge on any atom is -0.397 e. The van der Waals surface area contributed by atoms with Crippen LogP contribution in [0.4, 0.5) is 0 Å². The van der Waals surface area contributed by atoms with E-state index in [-0.39, 0.29) is 11.4 Å². The van der Waals surface area contributed by atoms with Crippen molar-refractivity contribution in [1.29, 1.82) is 0 Å². The Morgan fingerprint density at radius 1 is 1.31 bits per heavy atom. The van der Waals surface area contributed by atoms with Gasteiger partial charge in [0.15, 0.2) is 5.79 Å². The van der Waals surface area contributed by atoms with Crippen molar-refractivity contribution in [3.63, 3.8) is 0 Å². The Kier molecular flexibility index (Phi) is 3.60. The molecule has 0 saturated heterocycles. The summed E-state index contributed by atoms with van der Waals surface area (Å²) >= 11 is 0. The molecule has 0 aliphatic heterocycles. The molecule has 0 aliphatic rings. The minimum atomic E-state index is -1.87. The van der Waals surface area contributed by atoms with E-state index in [1.165, 1.54) is 6.92 Å². The fourth-order valence-electron chi connectivity index (χ4n) is 0.622. The summed E-state index contributed by atoms with van der Waals surface area (Å²) in [5, 5.41) is 5.04. The van der Waals surface area contributed by atoms with Gasteiger partial charge in [-0.3, -0.25) is 17.2 Å². The van der Waals surface area contributed by atoms with Crippen LogP contribution in [0.1, 0.15) is 6.92 Å². The molecule has 0 aromatic carbocycles. The predicted octanol–water partition coefficient (Wildman–Crippen LogP) is -1.39. The van der Waals surface area contributed by atoms with E-state index < -0.39 is 11.8 Å². The van der Waals surface area contributed by atoms with Gasteiger partial charge >= 0.3 is 0 Å². The molecule has 0 amide bonds. The van der Waals surface area contributed by atoms with E-state index in [9.17, 15) is 9.81 Å². The smallest absolute Gasteiger partial charge is 0.159 e. The summed E-state index contributed by atoms with van der Waals surface area (Å²) < 4.78 is 0. The molecule has 0 radical (unpaired) electrons. The summed E-state index contributed by atoms with van der Waals surface area (Å²) in [5.74, 6) is -1.87. The van der Waals surface area contributed by atoms with Crippen molar-refractivity contribution in [2.75, 3.05) is 0 Å². The van der Waals surface area contributed by atoms with Gasteiger partial charge in [0.25, 0.3) is 0 Å². The molecule has 0 aromatic heterocycles. The first-order valence-corrected chi connectivity index (χ1v) is 3.37. The first-order valence-electron chi connectivity index (χ1n) is 3.37. The molecule has 0 aromatic rings. The maximum Gasteiger partial charge on any atom is 0.159 e. The largest absolute Gasteiger partial charge is 0.397 e. The van der Waals surface area contributed by atoms with E-state index in [0.717, 1.165) is 0 Å². The molecule has 8 heteroatoms. The van der Waals surface area contributed by atoms with Crippen LogP contribution in [0.2, 0.25) is 0 Å². The quantitative estimate of drug-likeness (QED) is 0.313. The van der Waals surface area contributed by atoms with Gasteiger partial charge in [-0.2, -0.15) is 4.91 Å². The highest BCUT2D eigenvalue weighted by Crippen LogP contribution is 2.12. The summed E-state index contributed by atoms with van der Waals surface area (Å²) in [7, 11) is 0. The van der Waals surface area contributed by atoms with Crippen molar-refractivity contribution in [3.8, 4) is 0 Å². The highest BCUT2D eigenvalue weighted by atomic mass is 16.3. The van der Waals surface area contributed by atoms with Crippen molar-refractivity contribution in [3.05, 3.63) is 21.2 Å². The van der Waals surface area contributed by atoms with Gasteiger partial charge < -0.3 is 5.73 Å². The van der Waals surface area contributed by atoms with Crippen LogP contribution in [-0.4, -0.2) is 11.8 Å². The Morgan fingerprint density at radius 3 is 2.00 bits per heavy atom. The van der Waals surface area contributed by atoms with Crippen LogP contribution < -0.4 is 22.9 Å². The lowest BCUT2D eigenvalue weighted by molar-refractivity contribution is 0.526. The van der Waals surface area contributed by atoms with Crippen LogP contribution in [-0.2, 0) is 0 Å². The van der Waals surface area contributed by atoms with Gasteiger partial charge in [0.1, 0.15) is 11.7 Å². The number of nitrogens with zero attached hydrogens (tertiary/aromatic N) is 2. The zero-order valence-electron chi connectivity index (χ0n) is 7.10. The average molecular weight is 188 g/mol. The Morgan fingerprint density at radius 2 is 1.77 bits per heavy atom. The lowest BCUT2D eigenvalue weighted by Gasteiger charge is -2.20. The second-order valence-corrected chi connectivity index (χ2v) is 2.60. The molecule has 0 heterocycles. The minimum absolute atomic E-state index is 0.345. The summed E-state index contributed by atoms with van der Waals surface area (Å²) in [4.78, 5) is 20.3. The topological polar surface area (TPSA) is 163 Å². The van der Waals surface area contributed by atoms with Crippen LogP contribution in [0.3, 0.4) is 0 Å². The molecule has 1 unspecified atom stereocenters. The number of nitrogens with two attached hydrogens (primary N) is 4. The molecular weight excluding hydrogens is 176 g/mol. The standard InChI is InChI=1S/C5H12N6O2/c1-2(10-12)3(11-13)4(6)5(7,8)9/h2H,6-9H2,1H3. The molecule has 0 saturated carbocycles. The van der Waals surface area contributed by atoms with Gasteiger partial charge in [0, 0.05) is 0 Å². The Bertz CT molecular complexity index is 242. The van der Waals surface area contributed by atoms with Gasteiger partial charge in [-0.15, -0.1) is 4.91 Å². The van der Waals surface area contributed by atoms with E-state index in [1.54, 1.807) is 0 Å². The van der Waals surface area contributed by atoms with Crippen molar-refractivity contribution >= 4 is 0 Å². The van der Waals surface area contributed by atoms with Crippen molar-refractivity contribution in [2.24, 2.45) is 33.3 Å². The van der Waals surface area contributed by atoms with Crippen LogP contribution in [0.25, 0.3) is 0 Å². The molecule has 0 bridgehead atoms. The molecule has 8 nitrogen and oxygen atoms in total. The summed E-state index contributed by atoms with van der Waals surface area (Å²) in [6.07, 6.45) is 0. The SMILES string of the molecule is CC(N=O)C(N=O)=C(N)C(N)(N)N. The van der Waals surface area contributed by atoms with Crippen molar-refractivity contribution in [1.82, 2.24) is 0 Å². The molecule has 13 heavy (non-hydrogen) atoms. The van der Waals surface area contributed by atoms with Gasteiger partial charge in [-0.25, -0.2) is 0 Å². The highest BCUT2D eigenvalue weighted by molar-refractivity contribution is 5.22. The Hall–Kier alpha value is -1.38. The average Bonchev–Trinajstić information content (AvgIpc) is 2.03. The number of hydrogen-bond donors (Lipinski definition) is 4. The molecule has 0 rings (SSSR count). The third-order valence-corrected chi connectivity index (χ3v) is 1.39. The summed E-state index contributed by atoms with van der Waals surface area (Å²) in [6.45, 7) is 1.32. The van der Waals surface area contributed by atoms with Crippen molar-refractivity contribution in [2.45, 2.75) is 18.8 Å². The zero-order valence-corrected chi connectivity index (χ0v) is 7.10. The van der Waals surface area contributed by atoms with Gasteiger partial charge in [0.2, 0.25) is 0 Å². The number of hydrogen-bond acceptors (Lipinski definition) is 8. The fourth-order valence-corrected chi connectivity index (χ4v) is 0.622. The summed E-state index contributed by atoms with van der Waals surface area (Å²) in [5.41, 5.74) is 20.1. The first-order chi connectivity index (χ1) is 5.84. The molecule has 0 fully saturated rings.